The van der Waals surface area contributed by atoms with Crippen LogP contribution in [-0.4, -0.2) is 36.5 Å². The lowest BCUT2D eigenvalue weighted by Gasteiger charge is -2.27. The van der Waals surface area contributed by atoms with Gasteiger partial charge in [-0.05, 0) is 37.4 Å². The van der Waals surface area contributed by atoms with Gasteiger partial charge < -0.3 is 10.2 Å². The molecule has 110 valence electrons. The van der Waals surface area contributed by atoms with E-state index in [9.17, 15) is 9.18 Å². The molecular formula is C16H23FN2O. The van der Waals surface area contributed by atoms with Gasteiger partial charge in [0.2, 0.25) is 0 Å². The van der Waals surface area contributed by atoms with E-state index in [4.69, 9.17) is 0 Å². The van der Waals surface area contributed by atoms with Gasteiger partial charge in [0.25, 0.3) is 5.91 Å². The summed E-state index contributed by atoms with van der Waals surface area (Å²) in [6, 6.07) is 6.56. The number of halogens is 1. The molecule has 0 radical (unpaired) electrons. The fraction of sp³-hybridized carbons (Fsp3) is 0.562. The summed E-state index contributed by atoms with van der Waals surface area (Å²) in [7, 11) is 0. The van der Waals surface area contributed by atoms with Crippen molar-refractivity contribution in [1.82, 2.24) is 10.2 Å². The van der Waals surface area contributed by atoms with Crippen molar-refractivity contribution in [3.8, 4) is 0 Å². The minimum atomic E-state index is -0.439. The highest BCUT2D eigenvalue weighted by atomic mass is 19.1. The fourth-order valence-corrected chi connectivity index (χ4v) is 2.66. The smallest absolute Gasteiger partial charge is 0.256 e. The van der Waals surface area contributed by atoms with Gasteiger partial charge in [-0.1, -0.05) is 26.0 Å². The lowest BCUT2D eigenvalue weighted by atomic mass is 10.1. The Morgan fingerprint density at radius 1 is 1.45 bits per heavy atom. The van der Waals surface area contributed by atoms with Crippen molar-refractivity contribution < 1.29 is 9.18 Å². The number of benzene rings is 1. The number of nitrogens with zero attached hydrogens (tertiary/aromatic N) is 1. The van der Waals surface area contributed by atoms with Gasteiger partial charge in [0.05, 0.1) is 5.56 Å². The van der Waals surface area contributed by atoms with Crippen LogP contribution in [0.2, 0.25) is 0 Å². The molecule has 1 aromatic carbocycles. The highest BCUT2D eigenvalue weighted by molar-refractivity contribution is 5.94. The minimum absolute atomic E-state index is 0.172. The zero-order valence-electron chi connectivity index (χ0n) is 12.2. The molecule has 1 unspecified atom stereocenters. The van der Waals surface area contributed by atoms with Crippen molar-refractivity contribution in [3.63, 3.8) is 0 Å². The molecule has 0 spiro atoms. The number of carbonyl (C=O) groups excluding carboxylic acids is 1. The van der Waals surface area contributed by atoms with Crippen LogP contribution in [0, 0.1) is 11.7 Å². The van der Waals surface area contributed by atoms with Crippen molar-refractivity contribution in [1.29, 1.82) is 0 Å². The van der Waals surface area contributed by atoms with Crippen LogP contribution in [0.15, 0.2) is 24.3 Å². The second-order valence-corrected chi connectivity index (χ2v) is 5.88. The maximum Gasteiger partial charge on any atom is 0.256 e. The lowest BCUT2D eigenvalue weighted by Crippen LogP contribution is -2.43. The molecule has 1 amide bonds. The van der Waals surface area contributed by atoms with Crippen LogP contribution in [0.1, 0.15) is 37.0 Å². The van der Waals surface area contributed by atoms with E-state index in [-0.39, 0.29) is 11.5 Å². The van der Waals surface area contributed by atoms with Gasteiger partial charge in [-0.3, -0.25) is 4.79 Å². The third-order valence-electron chi connectivity index (χ3n) is 3.58. The third kappa shape index (κ3) is 3.79. The molecule has 3 nitrogen and oxygen atoms in total. The van der Waals surface area contributed by atoms with E-state index in [1.807, 2.05) is 0 Å². The van der Waals surface area contributed by atoms with E-state index >= 15 is 0 Å². The average molecular weight is 278 g/mol. The van der Waals surface area contributed by atoms with E-state index in [2.05, 4.69) is 19.2 Å². The first-order valence-corrected chi connectivity index (χ1v) is 7.35. The molecule has 1 heterocycles. The molecule has 2 rings (SSSR count). The molecule has 1 atom stereocenters. The zero-order chi connectivity index (χ0) is 14.5. The Balaban J connectivity index is 2.12. The molecule has 1 aliphatic rings. The number of hydrogen-bond donors (Lipinski definition) is 1. The molecule has 0 aliphatic carbocycles. The fourth-order valence-electron chi connectivity index (χ4n) is 2.66. The summed E-state index contributed by atoms with van der Waals surface area (Å²) in [6.45, 7) is 6.47. The van der Waals surface area contributed by atoms with Crippen LogP contribution >= 0.6 is 0 Å². The molecular weight excluding hydrogens is 255 g/mol. The molecule has 0 aromatic heterocycles. The predicted octanol–water partition coefficient (Wildman–Crippen LogP) is 2.68. The molecule has 1 saturated heterocycles. The van der Waals surface area contributed by atoms with E-state index in [0.29, 0.717) is 25.0 Å². The Labute approximate surface area is 120 Å². The summed E-state index contributed by atoms with van der Waals surface area (Å²) >= 11 is 0. The Bertz CT molecular complexity index is 456. The highest BCUT2D eigenvalue weighted by Gasteiger charge is 2.24. The van der Waals surface area contributed by atoms with Gasteiger partial charge >= 0.3 is 0 Å². The molecule has 20 heavy (non-hydrogen) atoms. The summed E-state index contributed by atoms with van der Waals surface area (Å²) in [5, 5.41) is 3.39. The average Bonchev–Trinajstić information content (AvgIpc) is 2.90. The highest BCUT2D eigenvalue weighted by Crippen LogP contribution is 2.14. The quantitative estimate of drug-likeness (QED) is 0.898. The Morgan fingerprint density at radius 3 is 2.80 bits per heavy atom. The Hall–Kier alpha value is -1.42. The molecule has 0 bridgehead atoms. The topological polar surface area (TPSA) is 32.3 Å². The van der Waals surface area contributed by atoms with Gasteiger partial charge in [0.1, 0.15) is 5.82 Å². The summed E-state index contributed by atoms with van der Waals surface area (Å²) in [5.41, 5.74) is 0.172. The second-order valence-electron chi connectivity index (χ2n) is 5.88. The van der Waals surface area contributed by atoms with Crippen molar-refractivity contribution in [3.05, 3.63) is 35.6 Å². The van der Waals surface area contributed by atoms with Crippen LogP contribution in [0.5, 0.6) is 0 Å². The summed E-state index contributed by atoms with van der Waals surface area (Å²) < 4.78 is 13.8. The Kier molecular flexibility index (Phi) is 5.12. The number of carbonyl (C=O) groups is 1. The van der Waals surface area contributed by atoms with Crippen LogP contribution in [0.25, 0.3) is 0 Å². The normalized spacial score (nSPS) is 18.5. The van der Waals surface area contributed by atoms with Gasteiger partial charge in [0, 0.05) is 19.1 Å². The van der Waals surface area contributed by atoms with Crippen molar-refractivity contribution in [2.45, 2.75) is 32.7 Å². The third-order valence-corrected chi connectivity index (χ3v) is 3.58. The van der Waals surface area contributed by atoms with Crippen molar-refractivity contribution >= 4 is 5.91 Å². The maximum absolute atomic E-state index is 13.8. The van der Waals surface area contributed by atoms with Crippen LogP contribution < -0.4 is 5.32 Å². The molecule has 0 saturated carbocycles. The first kappa shape index (κ1) is 15.0. The van der Waals surface area contributed by atoms with Crippen molar-refractivity contribution in [2.75, 3.05) is 19.6 Å². The first-order chi connectivity index (χ1) is 9.58. The first-order valence-electron chi connectivity index (χ1n) is 7.35. The van der Waals surface area contributed by atoms with Gasteiger partial charge in [-0.2, -0.15) is 0 Å². The van der Waals surface area contributed by atoms with E-state index < -0.39 is 5.82 Å². The van der Waals surface area contributed by atoms with Gasteiger partial charge in [-0.15, -0.1) is 0 Å². The van der Waals surface area contributed by atoms with Gasteiger partial charge in [0.15, 0.2) is 0 Å². The SMILES string of the molecule is CC(C)CN(CC1CCCN1)C(=O)c1ccccc1F. The Morgan fingerprint density at radius 2 is 2.20 bits per heavy atom. The molecule has 1 N–H and O–H groups in total. The molecule has 1 aliphatic heterocycles. The van der Waals surface area contributed by atoms with Crippen LogP contribution in [-0.2, 0) is 0 Å². The van der Waals surface area contributed by atoms with E-state index in [0.717, 1.165) is 19.4 Å². The van der Waals surface area contributed by atoms with E-state index in [1.165, 1.54) is 6.07 Å². The molecule has 1 fully saturated rings. The number of rotatable bonds is 5. The predicted molar refractivity (Wildman–Crippen MR) is 78.2 cm³/mol. The molecule has 1 aromatic rings. The number of nitrogens with one attached hydrogen (secondary N) is 1. The second kappa shape index (κ2) is 6.84. The van der Waals surface area contributed by atoms with Crippen molar-refractivity contribution in [2.24, 2.45) is 5.92 Å². The monoisotopic (exact) mass is 278 g/mol. The summed E-state index contributed by atoms with van der Waals surface area (Å²) in [5.74, 6) is -0.275. The standard InChI is InChI=1S/C16H23FN2O/c1-12(2)10-19(11-13-6-5-9-18-13)16(20)14-7-3-4-8-15(14)17/h3-4,7-8,12-13,18H,5-6,9-11H2,1-2H3. The lowest BCUT2D eigenvalue weighted by molar-refractivity contribution is 0.0716. The summed E-state index contributed by atoms with van der Waals surface area (Å²) in [6.07, 6.45) is 2.23. The number of hydrogen-bond acceptors (Lipinski definition) is 2. The molecule has 4 heteroatoms. The van der Waals surface area contributed by atoms with Crippen LogP contribution in [0.4, 0.5) is 4.39 Å². The van der Waals surface area contributed by atoms with Crippen LogP contribution in [0.3, 0.4) is 0 Å². The van der Waals surface area contributed by atoms with E-state index in [1.54, 1.807) is 23.1 Å². The number of amides is 1. The maximum atomic E-state index is 13.8. The van der Waals surface area contributed by atoms with Gasteiger partial charge in [-0.25, -0.2) is 4.39 Å². The zero-order valence-corrected chi connectivity index (χ0v) is 12.2. The largest absolute Gasteiger partial charge is 0.337 e. The summed E-state index contributed by atoms with van der Waals surface area (Å²) in [4.78, 5) is 14.3. The minimum Gasteiger partial charge on any atom is -0.337 e.